The van der Waals surface area contributed by atoms with Gasteiger partial charge in [0.25, 0.3) is 0 Å². The van der Waals surface area contributed by atoms with Gasteiger partial charge in [-0.25, -0.2) is 4.79 Å². The van der Waals surface area contributed by atoms with Crippen molar-refractivity contribution in [1.82, 2.24) is 15.5 Å². The second kappa shape index (κ2) is 3.34. The van der Waals surface area contributed by atoms with Gasteiger partial charge < -0.3 is 5.32 Å². The van der Waals surface area contributed by atoms with Crippen molar-refractivity contribution in [2.24, 2.45) is 0 Å². The zero-order chi connectivity index (χ0) is 11.0. The molecule has 2 aliphatic heterocycles. The second-order valence-corrected chi connectivity index (χ2v) is 3.48. The zero-order valence-corrected chi connectivity index (χ0v) is 7.78. The standard InChI is InChI=1S/C8H9N3O4/c12-5-2-1-4(9-5)3-11-7(14)6(13)10-8(11)15/h4H,1-3H2,(H,9,12)(H,10,13,15). The Bertz CT molecular complexity index is 365. The third-order valence-corrected chi connectivity index (χ3v) is 2.39. The molecule has 0 bridgehead atoms. The maximum absolute atomic E-state index is 11.2. The fourth-order valence-corrected chi connectivity index (χ4v) is 1.63. The molecule has 7 nitrogen and oxygen atoms in total. The maximum Gasteiger partial charge on any atom is 0.331 e. The van der Waals surface area contributed by atoms with E-state index in [4.69, 9.17) is 0 Å². The third-order valence-electron chi connectivity index (χ3n) is 2.39. The highest BCUT2D eigenvalue weighted by Gasteiger charge is 2.38. The van der Waals surface area contributed by atoms with Crippen LogP contribution in [0, 0.1) is 0 Å². The molecule has 0 spiro atoms. The first kappa shape index (κ1) is 9.63. The quantitative estimate of drug-likeness (QED) is 0.422. The zero-order valence-electron chi connectivity index (χ0n) is 7.78. The van der Waals surface area contributed by atoms with Crippen LogP contribution >= 0.6 is 0 Å². The summed E-state index contributed by atoms with van der Waals surface area (Å²) in [4.78, 5) is 44.8. The number of amides is 5. The van der Waals surface area contributed by atoms with Crippen LogP contribution in [0.1, 0.15) is 12.8 Å². The summed E-state index contributed by atoms with van der Waals surface area (Å²) in [7, 11) is 0. The Kier molecular flexibility index (Phi) is 2.14. The third kappa shape index (κ3) is 1.67. The lowest BCUT2D eigenvalue weighted by Crippen LogP contribution is -2.42. The maximum atomic E-state index is 11.2. The average molecular weight is 211 g/mol. The van der Waals surface area contributed by atoms with Crippen molar-refractivity contribution in [2.45, 2.75) is 18.9 Å². The topological polar surface area (TPSA) is 95.6 Å². The molecule has 2 fully saturated rings. The number of hydrogen-bond donors (Lipinski definition) is 2. The minimum atomic E-state index is -0.913. The predicted molar refractivity (Wildman–Crippen MR) is 46.4 cm³/mol. The minimum Gasteiger partial charge on any atom is -0.352 e. The smallest absolute Gasteiger partial charge is 0.331 e. The van der Waals surface area contributed by atoms with Gasteiger partial charge in [-0.2, -0.15) is 0 Å². The van der Waals surface area contributed by atoms with E-state index in [1.54, 1.807) is 0 Å². The number of urea groups is 1. The molecule has 2 heterocycles. The van der Waals surface area contributed by atoms with Crippen molar-refractivity contribution in [2.75, 3.05) is 6.54 Å². The molecule has 0 aromatic carbocycles. The fraction of sp³-hybridized carbons (Fsp3) is 0.500. The van der Waals surface area contributed by atoms with Gasteiger partial charge in [-0.15, -0.1) is 0 Å². The van der Waals surface area contributed by atoms with E-state index in [1.165, 1.54) is 0 Å². The first-order valence-corrected chi connectivity index (χ1v) is 4.54. The fourth-order valence-electron chi connectivity index (χ4n) is 1.63. The molecule has 80 valence electrons. The van der Waals surface area contributed by atoms with E-state index >= 15 is 0 Å². The summed E-state index contributed by atoms with van der Waals surface area (Å²) in [5, 5.41) is 4.50. The van der Waals surface area contributed by atoms with E-state index in [2.05, 4.69) is 5.32 Å². The van der Waals surface area contributed by atoms with Gasteiger partial charge >= 0.3 is 17.8 Å². The van der Waals surface area contributed by atoms with Crippen LogP contribution in [0.4, 0.5) is 4.79 Å². The Hall–Kier alpha value is -1.92. The minimum absolute atomic E-state index is 0.0577. The van der Waals surface area contributed by atoms with Gasteiger partial charge in [0.2, 0.25) is 5.91 Å². The predicted octanol–water partition coefficient (Wildman–Crippen LogP) is -1.66. The Morgan fingerprint density at radius 1 is 1.27 bits per heavy atom. The van der Waals surface area contributed by atoms with Crippen molar-refractivity contribution < 1.29 is 19.2 Å². The average Bonchev–Trinajstić information content (AvgIpc) is 2.67. The van der Waals surface area contributed by atoms with Crippen LogP contribution in [0.3, 0.4) is 0 Å². The molecule has 0 aromatic rings. The highest BCUT2D eigenvalue weighted by molar-refractivity contribution is 6.44. The van der Waals surface area contributed by atoms with E-state index < -0.39 is 17.8 Å². The molecule has 15 heavy (non-hydrogen) atoms. The van der Waals surface area contributed by atoms with Gasteiger partial charge in [-0.1, -0.05) is 0 Å². The first-order chi connectivity index (χ1) is 7.08. The number of hydrogen-bond acceptors (Lipinski definition) is 4. The molecule has 7 heteroatoms. The molecule has 2 N–H and O–H groups in total. The monoisotopic (exact) mass is 211 g/mol. The number of imide groups is 2. The molecule has 0 aliphatic carbocycles. The Morgan fingerprint density at radius 3 is 2.47 bits per heavy atom. The molecule has 0 radical (unpaired) electrons. The van der Waals surface area contributed by atoms with Crippen molar-refractivity contribution in [1.29, 1.82) is 0 Å². The van der Waals surface area contributed by atoms with Crippen molar-refractivity contribution in [3.05, 3.63) is 0 Å². The summed E-state index contributed by atoms with van der Waals surface area (Å²) in [5.41, 5.74) is 0. The normalized spacial score (nSPS) is 25.9. The Balaban J connectivity index is 2.00. The summed E-state index contributed by atoms with van der Waals surface area (Å²) < 4.78 is 0. The Morgan fingerprint density at radius 2 is 2.00 bits per heavy atom. The molecule has 2 aliphatic rings. The van der Waals surface area contributed by atoms with Crippen LogP contribution in [0.2, 0.25) is 0 Å². The van der Waals surface area contributed by atoms with Crippen LogP contribution in [-0.4, -0.2) is 41.2 Å². The SMILES string of the molecule is O=C1CCC(CN2C(=O)NC(=O)C2=O)N1. The highest BCUT2D eigenvalue weighted by Crippen LogP contribution is 2.10. The van der Waals surface area contributed by atoms with E-state index in [0.29, 0.717) is 12.8 Å². The first-order valence-electron chi connectivity index (χ1n) is 4.54. The number of nitrogens with one attached hydrogen (secondary N) is 2. The van der Waals surface area contributed by atoms with Crippen LogP contribution < -0.4 is 10.6 Å². The van der Waals surface area contributed by atoms with E-state index in [1.807, 2.05) is 5.32 Å². The van der Waals surface area contributed by atoms with Gasteiger partial charge in [-0.05, 0) is 6.42 Å². The van der Waals surface area contributed by atoms with Crippen LogP contribution in [-0.2, 0) is 14.4 Å². The highest BCUT2D eigenvalue weighted by atomic mass is 16.2. The Labute approximate surface area is 84.8 Å². The summed E-state index contributed by atoms with van der Waals surface area (Å²) in [6.07, 6.45) is 0.965. The molecule has 2 saturated heterocycles. The van der Waals surface area contributed by atoms with Crippen molar-refractivity contribution >= 4 is 23.8 Å². The second-order valence-electron chi connectivity index (χ2n) is 3.48. The molecular weight excluding hydrogens is 202 g/mol. The summed E-state index contributed by atoms with van der Waals surface area (Å²) in [5.74, 6) is -1.87. The number of carbonyl (C=O) groups excluding carboxylic acids is 4. The number of carbonyl (C=O) groups is 4. The molecule has 5 amide bonds. The van der Waals surface area contributed by atoms with Gasteiger partial charge in [0.05, 0.1) is 6.54 Å². The summed E-state index contributed by atoms with van der Waals surface area (Å²) in [6, 6.07) is -0.954. The lowest BCUT2D eigenvalue weighted by Gasteiger charge is -2.16. The van der Waals surface area contributed by atoms with Gasteiger partial charge in [0.15, 0.2) is 0 Å². The van der Waals surface area contributed by atoms with Gasteiger partial charge in [0, 0.05) is 12.5 Å². The molecular formula is C8H9N3O4. The van der Waals surface area contributed by atoms with Gasteiger partial charge in [0.1, 0.15) is 0 Å². The van der Waals surface area contributed by atoms with Crippen molar-refractivity contribution in [3.8, 4) is 0 Å². The van der Waals surface area contributed by atoms with E-state index in [0.717, 1.165) is 4.90 Å². The lowest BCUT2D eigenvalue weighted by atomic mass is 10.2. The molecule has 1 atom stereocenters. The van der Waals surface area contributed by atoms with Gasteiger partial charge in [-0.3, -0.25) is 24.6 Å². The molecule has 1 unspecified atom stereocenters. The number of rotatable bonds is 2. The number of nitrogens with zero attached hydrogens (tertiary/aromatic N) is 1. The van der Waals surface area contributed by atoms with E-state index in [9.17, 15) is 19.2 Å². The van der Waals surface area contributed by atoms with Crippen LogP contribution in [0.25, 0.3) is 0 Å². The molecule has 0 saturated carbocycles. The van der Waals surface area contributed by atoms with Crippen LogP contribution in [0.15, 0.2) is 0 Å². The van der Waals surface area contributed by atoms with Crippen LogP contribution in [0.5, 0.6) is 0 Å². The summed E-state index contributed by atoms with van der Waals surface area (Å²) >= 11 is 0. The van der Waals surface area contributed by atoms with Crippen molar-refractivity contribution in [3.63, 3.8) is 0 Å². The molecule has 2 rings (SSSR count). The van der Waals surface area contributed by atoms with E-state index in [-0.39, 0.29) is 18.5 Å². The molecule has 0 aromatic heterocycles. The largest absolute Gasteiger partial charge is 0.352 e. The lowest BCUT2D eigenvalue weighted by molar-refractivity contribution is -0.140. The summed E-state index contributed by atoms with van der Waals surface area (Å²) in [6.45, 7) is 0.0577.